The molecule has 0 radical (unpaired) electrons. The average molecular weight is 1150 g/mol. The molecule has 2 aromatic carbocycles. The molecule has 8 rings (SSSR count). The Balaban J connectivity index is 1.33. The predicted molar refractivity (Wildman–Crippen MR) is 256 cm³/mol. The summed E-state index contributed by atoms with van der Waals surface area (Å²) in [6, 6.07) is 4.77. The highest BCUT2D eigenvalue weighted by Crippen LogP contribution is 2.68. The molecular formula is C48H45ClF10N8O8S2. The number of amides is 3. The quantitative estimate of drug-likeness (QED) is 0.0930. The third-order valence-corrected chi connectivity index (χ3v) is 16.2. The van der Waals surface area contributed by atoms with Crippen molar-refractivity contribution < 1.29 is 79.9 Å². The van der Waals surface area contributed by atoms with Gasteiger partial charge in [0.05, 0.1) is 39.8 Å². The summed E-state index contributed by atoms with van der Waals surface area (Å²) in [6.07, 6.45) is -10.8. The van der Waals surface area contributed by atoms with E-state index in [9.17, 15) is 66.3 Å². The molecule has 1 aliphatic heterocycles. The molecule has 3 aliphatic rings. The SMILES string of the molecule is CC(C)(C)OC(=O)N1CC(C(=O)N(c2nn(CC(F)(F)F)c3c(-c4ccc(C#CC(C)(C)S(C)(=O)=O)nc4[C@H](Cc4cc(F)cc(F)c4)NC(=O)Cn4nc(C(F)(F)F)c5c4C(F)(F)[C@@H]4C[C@H]54)ccc(Cl)c23)S(C)(=O)=O)C1. The van der Waals surface area contributed by atoms with Crippen LogP contribution in [0.1, 0.15) is 86.9 Å². The first kappa shape index (κ1) is 56.7. The maximum atomic E-state index is 15.6. The van der Waals surface area contributed by atoms with Gasteiger partial charge in [0, 0.05) is 48.0 Å². The van der Waals surface area contributed by atoms with E-state index < -0.39 is 166 Å². The first-order chi connectivity index (χ1) is 35.3. The number of hydrogen-bond donors (Lipinski definition) is 1. The first-order valence-electron chi connectivity index (χ1n) is 23.1. The Morgan fingerprint density at radius 2 is 1.53 bits per heavy atom. The number of halogens is 11. The summed E-state index contributed by atoms with van der Waals surface area (Å²) in [5, 5.41) is 8.76. The van der Waals surface area contributed by atoms with Crippen molar-refractivity contribution in [3.8, 4) is 23.0 Å². The van der Waals surface area contributed by atoms with Gasteiger partial charge in [0.15, 0.2) is 21.3 Å². The fourth-order valence-electron chi connectivity index (χ4n) is 9.10. The maximum Gasteiger partial charge on any atom is 0.435 e. The van der Waals surface area contributed by atoms with Crippen LogP contribution in [0.4, 0.5) is 54.5 Å². The highest BCUT2D eigenvalue weighted by molar-refractivity contribution is 7.93. The van der Waals surface area contributed by atoms with Crippen molar-refractivity contribution in [1.29, 1.82) is 0 Å². The van der Waals surface area contributed by atoms with E-state index in [2.05, 4.69) is 32.3 Å². The van der Waals surface area contributed by atoms with Crippen LogP contribution in [0.15, 0.2) is 42.5 Å². The monoisotopic (exact) mass is 1150 g/mol. The van der Waals surface area contributed by atoms with Gasteiger partial charge in [-0.05, 0) is 95.2 Å². The summed E-state index contributed by atoms with van der Waals surface area (Å²) in [4.78, 5) is 46.8. The molecule has 5 aromatic rings. The zero-order valence-electron chi connectivity index (χ0n) is 41.5. The summed E-state index contributed by atoms with van der Waals surface area (Å²) in [7, 11) is -8.76. The standard InChI is InChI=1S/C48H45ClF10N8O8S2/c1-44(2,3)75-43(70)64-19-24(20-64)42(69)67(77(7,73)74)41-36-32(49)11-10-29(38(36)66(63-41)22-46(52,53)54)28-9-8-27(12-13-45(4,5)76(6,71)72)60-37(28)33(16-23-14-25(50)17-26(51)15-23)61-34(68)21-65-40-35(39(62-65)48(57,58)59)30-18-31(30)47(40,55)56/h8-11,14-15,17,24,30-31,33H,16,18-22H2,1-7H3,(H,61,68)/t30-,31+,33-/m0/s1. The Morgan fingerprint density at radius 3 is 2.10 bits per heavy atom. The van der Waals surface area contributed by atoms with E-state index in [-0.39, 0.29) is 55.6 Å². The van der Waals surface area contributed by atoms with Gasteiger partial charge in [-0.3, -0.25) is 19.0 Å². The van der Waals surface area contributed by atoms with E-state index in [1.807, 2.05) is 0 Å². The van der Waals surface area contributed by atoms with Crippen LogP contribution in [0.3, 0.4) is 0 Å². The summed E-state index contributed by atoms with van der Waals surface area (Å²) in [6.45, 7) is 3.12. The molecule has 77 heavy (non-hydrogen) atoms. The number of nitrogens with one attached hydrogen (secondary N) is 1. The van der Waals surface area contributed by atoms with Gasteiger partial charge in [0.1, 0.15) is 46.5 Å². The van der Waals surface area contributed by atoms with Crippen molar-refractivity contribution in [3.63, 3.8) is 0 Å². The second-order valence-corrected chi connectivity index (χ2v) is 25.3. The smallest absolute Gasteiger partial charge is 0.435 e. The van der Waals surface area contributed by atoms with Gasteiger partial charge >= 0.3 is 18.4 Å². The number of ether oxygens (including phenoxy) is 1. The van der Waals surface area contributed by atoms with Crippen LogP contribution < -0.4 is 9.62 Å². The van der Waals surface area contributed by atoms with Crippen LogP contribution in [0, 0.1) is 35.3 Å². The molecule has 0 bridgehead atoms. The number of pyridine rings is 1. The zero-order chi connectivity index (χ0) is 57.1. The van der Waals surface area contributed by atoms with Gasteiger partial charge in [-0.1, -0.05) is 23.6 Å². The number of hydrogen-bond acceptors (Lipinski definition) is 11. The van der Waals surface area contributed by atoms with Gasteiger partial charge in [-0.25, -0.2) is 35.4 Å². The summed E-state index contributed by atoms with van der Waals surface area (Å²) >= 11 is 6.71. The van der Waals surface area contributed by atoms with E-state index in [0.717, 1.165) is 47.6 Å². The Morgan fingerprint density at radius 1 is 0.909 bits per heavy atom. The number of benzene rings is 2. The lowest BCUT2D eigenvalue weighted by Crippen LogP contribution is -2.58. The number of aromatic nitrogens is 5. The topological polar surface area (TPSA) is 196 Å². The highest BCUT2D eigenvalue weighted by atomic mass is 35.5. The molecule has 0 spiro atoms. The Bertz CT molecular complexity index is 3560. The van der Waals surface area contributed by atoms with E-state index >= 15 is 8.78 Å². The van der Waals surface area contributed by atoms with Crippen molar-refractivity contribution >= 4 is 66.1 Å². The lowest BCUT2D eigenvalue weighted by molar-refractivity contribution is -0.143. The number of nitrogens with zero attached hydrogens (tertiary/aromatic N) is 7. The molecule has 16 nitrogen and oxygen atoms in total. The number of anilines is 1. The van der Waals surface area contributed by atoms with Gasteiger partial charge in [-0.2, -0.15) is 49.6 Å². The number of carbonyl (C=O) groups excluding carboxylic acids is 3. The van der Waals surface area contributed by atoms with E-state index in [1.54, 1.807) is 20.8 Å². The molecule has 3 atom stereocenters. The van der Waals surface area contributed by atoms with Crippen molar-refractivity contribution in [2.45, 2.75) is 101 Å². The fourth-order valence-corrected chi connectivity index (χ4v) is 10.5. The molecule has 2 aliphatic carbocycles. The minimum atomic E-state index is -5.23. The minimum Gasteiger partial charge on any atom is -0.444 e. The normalized spacial score (nSPS) is 18.0. The van der Waals surface area contributed by atoms with Gasteiger partial charge in [0.2, 0.25) is 21.8 Å². The molecular weight excluding hydrogens is 1110 g/mol. The Kier molecular flexibility index (Phi) is 14.1. The molecule has 1 N–H and O–H groups in total. The van der Waals surface area contributed by atoms with Gasteiger partial charge in [0.25, 0.3) is 5.92 Å². The van der Waals surface area contributed by atoms with Crippen molar-refractivity contribution in [1.82, 2.24) is 34.8 Å². The molecule has 1 saturated heterocycles. The number of sulfone groups is 1. The molecule has 4 heterocycles. The fraction of sp³-hybridized carbons (Fsp3) is 0.458. The largest absolute Gasteiger partial charge is 0.444 e. The maximum absolute atomic E-state index is 15.6. The minimum absolute atomic E-state index is 0.126. The van der Waals surface area contributed by atoms with Crippen LogP contribution in [0.5, 0.6) is 0 Å². The molecule has 3 amide bonds. The lowest BCUT2D eigenvalue weighted by Gasteiger charge is -2.40. The third kappa shape index (κ3) is 11.4. The second kappa shape index (κ2) is 19.2. The average Bonchev–Trinajstić information content (AvgIpc) is 3.75. The van der Waals surface area contributed by atoms with Crippen LogP contribution >= 0.6 is 11.6 Å². The van der Waals surface area contributed by atoms with Crippen LogP contribution in [0.2, 0.25) is 5.02 Å². The highest BCUT2D eigenvalue weighted by Gasteiger charge is 2.68. The third-order valence-electron chi connectivity index (χ3n) is 12.9. The zero-order valence-corrected chi connectivity index (χ0v) is 43.9. The Hall–Kier alpha value is -6.47. The molecule has 3 aromatic heterocycles. The molecule has 29 heteroatoms. The van der Waals surface area contributed by atoms with Crippen LogP contribution in [-0.2, 0) is 65.8 Å². The summed E-state index contributed by atoms with van der Waals surface area (Å²) < 4.78 is 205. The first-order valence-corrected chi connectivity index (χ1v) is 27.2. The lowest BCUT2D eigenvalue weighted by atomic mass is 9.93. The van der Waals surface area contributed by atoms with E-state index in [1.165, 1.54) is 13.8 Å². The molecule has 414 valence electrons. The number of sulfonamides is 1. The van der Waals surface area contributed by atoms with Gasteiger partial charge < -0.3 is 15.0 Å². The Labute approximate surface area is 438 Å². The number of carbonyl (C=O) groups is 3. The number of alkyl halides is 8. The van der Waals surface area contributed by atoms with Crippen LogP contribution in [0.25, 0.3) is 22.0 Å². The van der Waals surface area contributed by atoms with Crippen molar-refractivity contribution in [3.05, 3.63) is 93.0 Å². The predicted octanol–water partition coefficient (Wildman–Crippen LogP) is 8.45. The number of likely N-dealkylation sites (tertiary alicyclic amines) is 1. The number of rotatable bonds is 12. The second-order valence-electron chi connectivity index (χ2n) is 20.5. The van der Waals surface area contributed by atoms with Crippen molar-refractivity contribution in [2.75, 3.05) is 29.9 Å². The summed E-state index contributed by atoms with van der Waals surface area (Å²) in [5.74, 6) is -8.53. The molecule has 2 fully saturated rings. The van der Waals surface area contributed by atoms with E-state index in [4.69, 9.17) is 16.3 Å². The van der Waals surface area contributed by atoms with Gasteiger partial charge in [-0.15, -0.1) is 0 Å². The molecule has 0 unspecified atom stereocenters. The van der Waals surface area contributed by atoms with Crippen molar-refractivity contribution in [2.24, 2.45) is 11.8 Å². The van der Waals surface area contributed by atoms with Crippen LogP contribution in [-0.4, -0.2) is 106 Å². The summed E-state index contributed by atoms with van der Waals surface area (Å²) in [5.41, 5.74) is -6.90. The van der Waals surface area contributed by atoms with E-state index in [0.29, 0.717) is 12.3 Å². The number of fused-ring (bicyclic) bond motifs is 4. The molecule has 1 saturated carbocycles.